The van der Waals surface area contributed by atoms with Gasteiger partial charge in [-0.05, 0) is 32.1 Å². The van der Waals surface area contributed by atoms with Gasteiger partial charge in [-0.1, -0.05) is 38.8 Å². The van der Waals surface area contributed by atoms with Crippen LogP contribution in [-0.4, -0.2) is 6.04 Å². The van der Waals surface area contributed by atoms with Crippen LogP contribution >= 0.6 is 0 Å². The van der Waals surface area contributed by atoms with Crippen LogP contribution in [0.25, 0.3) is 0 Å². The summed E-state index contributed by atoms with van der Waals surface area (Å²) in [5, 5.41) is 0. The van der Waals surface area contributed by atoms with Crippen molar-refractivity contribution in [1.82, 2.24) is 0 Å². The Morgan fingerprint density at radius 2 is 2.08 bits per heavy atom. The van der Waals surface area contributed by atoms with E-state index in [2.05, 4.69) is 33.8 Å². The van der Waals surface area contributed by atoms with E-state index in [0.717, 1.165) is 5.92 Å². The van der Waals surface area contributed by atoms with Crippen LogP contribution in [0.15, 0.2) is 11.6 Å². The molecule has 0 aromatic carbocycles. The summed E-state index contributed by atoms with van der Waals surface area (Å²) in [7, 11) is 0. The molecule has 0 heterocycles. The van der Waals surface area contributed by atoms with Crippen molar-refractivity contribution in [2.75, 3.05) is 0 Å². The van der Waals surface area contributed by atoms with E-state index in [1.54, 1.807) is 0 Å². The molecule has 0 aliphatic heterocycles. The molecule has 0 saturated heterocycles. The molecule has 1 aliphatic carbocycles. The Kier molecular flexibility index (Phi) is 6.97. The molecule has 13 heavy (non-hydrogen) atoms. The van der Waals surface area contributed by atoms with Crippen molar-refractivity contribution in [1.29, 1.82) is 0 Å². The van der Waals surface area contributed by atoms with Crippen LogP contribution in [0.3, 0.4) is 0 Å². The van der Waals surface area contributed by atoms with Gasteiger partial charge in [-0.25, -0.2) is 0 Å². The first kappa shape index (κ1) is 12.7. The maximum Gasteiger partial charge on any atom is 0.0250 e. The highest BCUT2D eigenvalue weighted by Gasteiger charge is 2.07. The van der Waals surface area contributed by atoms with E-state index in [-0.39, 0.29) is 0 Å². The average Bonchev–Trinajstić information content (AvgIpc) is 2.11. The smallest absolute Gasteiger partial charge is 0.0250 e. The first-order chi connectivity index (χ1) is 6.07. The molecular weight excluding hydrogens is 158 g/mol. The van der Waals surface area contributed by atoms with Crippen molar-refractivity contribution < 1.29 is 0 Å². The van der Waals surface area contributed by atoms with E-state index in [9.17, 15) is 0 Å². The average molecular weight is 183 g/mol. The maximum atomic E-state index is 5.71. The second kappa shape index (κ2) is 7.14. The predicted molar refractivity (Wildman–Crippen MR) is 60.7 cm³/mol. The molecule has 78 valence electrons. The van der Waals surface area contributed by atoms with Gasteiger partial charge in [0.2, 0.25) is 0 Å². The Bertz CT molecular complexity index is 147. The third kappa shape index (κ3) is 6.83. The summed E-state index contributed by atoms with van der Waals surface area (Å²) in [4.78, 5) is 0. The van der Waals surface area contributed by atoms with Crippen LogP contribution in [0, 0.1) is 5.92 Å². The van der Waals surface area contributed by atoms with Crippen LogP contribution in [0.2, 0.25) is 0 Å². The van der Waals surface area contributed by atoms with Gasteiger partial charge in [-0.15, -0.1) is 0 Å². The van der Waals surface area contributed by atoms with Gasteiger partial charge in [0.1, 0.15) is 0 Å². The fourth-order valence-electron chi connectivity index (χ4n) is 1.05. The molecule has 1 atom stereocenters. The Labute approximate surface area is 83.4 Å². The molecule has 0 aromatic rings. The summed E-state index contributed by atoms with van der Waals surface area (Å²) in [6.07, 6.45) is 7.24. The lowest BCUT2D eigenvalue weighted by Gasteiger charge is -2.15. The standard InChI is InChI=1S/C7H13N.C5H12/c1-6-4-2-3-5-7(6)8;1-4-5(2)3/h4,7H,2-3,5,8H2,1H3;5H,4H2,1-3H3. The van der Waals surface area contributed by atoms with Crippen molar-refractivity contribution in [2.45, 2.75) is 59.4 Å². The van der Waals surface area contributed by atoms with Gasteiger partial charge in [0.05, 0.1) is 0 Å². The third-order valence-electron chi connectivity index (χ3n) is 2.59. The topological polar surface area (TPSA) is 26.0 Å². The quantitative estimate of drug-likeness (QED) is 0.619. The summed E-state index contributed by atoms with van der Waals surface area (Å²) in [6.45, 7) is 8.76. The molecule has 0 radical (unpaired) electrons. The molecule has 1 heteroatoms. The van der Waals surface area contributed by atoms with Crippen LogP contribution in [0.1, 0.15) is 53.4 Å². The van der Waals surface area contributed by atoms with Crippen LogP contribution in [0.4, 0.5) is 0 Å². The fourth-order valence-corrected chi connectivity index (χ4v) is 1.05. The summed E-state index contributed by atoms with van der Waals surface area (Å²) in [5.41, 5.74) is 7.08. The molecule has 2 N–H and O–H groups in total. The zero-order valence-electron chi connectivity index (χ0n) is 9.64. The first-order valence-electron chi connectivity index (χ1n) is 5.50. The van der Waals surface area contributed by atoms with Gasteiger partial charge < -0.3 is 5.73 Å². The Balaban J connectivity index is 0.000000252. The van der Waals surface area contributed by atoms with Gasteiger partial charge in [0.15, 0.2) is 0 Å². The second-order valence-corrected chi connectivity index (χ2v) is 4.29. The van der Waals surface area contributed by atoms with Crippen molar-refractivity contribution in [3.05, 3.63) is 11.6 Å². The number of hydrogen-bond donors (Lipinski definition) is 1. The van der Waals surface area contributed by atoms with Gasteiger partial charge >= 0.3 is 0 Å². The van der Waals surface area contributed by atoms with Crippen molar-refractivity contribution in [2.24, 2.45) is 11.7 Å². The zero-order chi connectivity index (χ0) is 10.3. The SMILES string of the molecule is CC1=CCCCC1N.CCC(C)C. The summed E-state index contributed by atoms with van der Waals surface area (Å²) in [6, 6.07) is 0.365. The minimum atomic E-state index is 0.365. The molecule has 0 spiro atoms. The summed E-state index contributed by atoms with van der Waals surface area (Å²) in [5.74, 6) is 0.884. The van der Waals surface area contributed by atoms with E-state index >= 15 is 0 Å². The molecule has 1 aliphatic rings. The Morgan fingerprint density at radius 3 is 2.31 bits per heavy atom. The second-order valence-electron chi connectivity index (χ2n) is 4.29. The lowest BCUT2D eigenvalue weighted by atomic mass is 9.96. The monoisotopic (exact) mass is 183 g/mol. The van der Waals surface area contributed by atoms with Gasteiger partial charge in [0.25, 0.3) is 0 Å². The normalized spacial score (nSPS) is 22.0. The van der Waals surface area contributed by atoms with E-state index in [0.29, 0.717) is 6.04 Å². The van der Waals surface area contributed by atoms with Crippen LogP contribution in [0.5, 0.6) is 0 Å². The maximum absolute atomic E-state index is 5.71. The van der Waals surface area contributed by atoms with Crippen molar-refractivity contribution in [3.63, 3.8) is 0 Å². The number of hydrogen-bond acceptors (Lipinski definition) is 1. The molecule has 0 fully saturated rings. The summed E-state index contributed by atoms with van der Waals surface area (Å²) < 4.78 is 0. The lowest BCUT2D eigenvalue weighted by molar-refractivity contribution is 0.615. The van der Waals surface area contributed by atoms with E-state index in [1.165, 1.54) is 31.3 Å². The van der Waals surface area contributed by atoms with Gasteiger partial charge in [-0.2, -0.15) is 0 Å². The molecule has 0 aromatic heterocycles. The third-order valence-corrected chi connectivity index (χ3v) is 2.59. The Hall–Kier alpha value is -0.300. The molecule has 0 bridgehead atoms. The zero-order valence-corrected chi connectivity index (χ0v) is 9.64. The summed E-state index contributed by atoms with van der Waals surface area (Å²) >= 11 is 0. The highest BCUT2D eigenvalue weighted by atomic mass is 14.6. The molecule has 1 unspecified atom stereocenters. The van der Waals surface area contributed by atoms with E-state index in [4.69, 9.17) is 5.73 Å². The molecule has 1 rings (SSSR count). The van der Waals surface area contributed by atoms with Crippen molar-refractivity contribution in [3.8, 4) is 0 Å². The van der Waals surface area contributed by atoms with Crippen LogP contribution in [-0.2, 0) is 0 Å². The lowest BCUT2D eigenvalue weighted by Crippen LogP contribution is -2.23. The number of rotatable bonds is 1. The highest BCUT2D eigenvalue weighted by molar-refractivity contribution is 5.09. The highest BCUT2D eigenvalue weighted by Crippen LogP contribution is 2.14. The number of allylic oxidation sites excluding steroid dienone is 1. The predicted octanol–water partition coefficient (Wildman–Crippen LogP) is 3.50. The molecule has 1 nitrogen and oxygen atoms in total. The van der Waals surface area contributed by atoms with Gasteiger partial charge in [-0.3, -0.25) is 0 Å². The van der Waals surface area contributed by atoms with Crippen LogP contribution < -0.4 is 5.73 Å². The van der Waals surface area contributed by atoms with Crippen molar-refractivity contribution >= 4 is 0 Å². The van der Waals surface area contributed by atoms with E-state index in [1.807, 2.05) is 0 Å². The van der Waals surface area contributed by atoms with E-state index < -0.39 is 0 Å². The molecule has 0 amide bonds. The largest absolute Gasteiger partial charge is 0.324 e. The Morgan fingerprint density at radius 1 is 1.54 bits per heavy atom. The molecular formula is C12H25N. The first-order valence-corrected chi connectivity index (χ1v) is 5.50. The van der Waals surface area contributed by atoms with Gasteiger partial charge in [0, 0.05) is 6.04 Å². The number of nitrogens with two attached hydrogens (primary N) is 1. The minimum absolute atomic E-state index is 0.365. The minimum Gasteiger partial charge on any atom is -0.324 e. The molecule has 0 saturated carbocycles. The fraction of sp³-hybridized carbons (Fsp3) is 0.833.